The van der Waals surface area contributed by atoms with Crippen LogP contribution in [0.5, 0.6) is 0 Å². The number of carboxylic acid groups (broad SMARTS) is 1. The van der Waals surface area contributed by atoms with E-state index in [2.05, 4.69) is 5.32 Å². The molecule has 0 atom stereocenters. The van der Waals surface area contributed by atoms with Gasteiger partial charge < -0.3 is 16.2 Å². The van der Waals surface area contributed by atoms with Crippen LogP contribution in [0, 0.1) is 6.92 Å². The van der Waals surface area contributed by atoms with Gasteiger partial charge in [0.15, 0.2) is 0 Å². The fourth-order valence-electron chi connectivity index (χ4n) is 3.04. The molecule has 1 aliphatic carbocycles. The van der Waals surface area contributed by atoms with Crippen LogP contribution in [-0.2, 0) is 4.79 Å². The molecule has 5 heteroatoms. The number of rotatable bonds is 4. The second-order valence-corrected chi connectivity index (χ2v) is 5.96. The topological polar surface area (TPSA) is 92.4 Å². The molecule has 0 unspecified atom stereocenters. The van der Waals surface area contributed by atoms with Crippen molar-refractivity contribution in [2.24, 2.45) is 0 Å². The van der Waals surface area contributed by atoms with E-state index in [1.165, 1.54) is 0 Å². The highest BCUT2D eigenvalue weighted by Gasteiger charge is 2.36. The first kappa shape index (κ1) is 15.4. The summed E-state index contributed by atoms with van der Waals surface area (Å²) in [6, 6.07) is 5.29. The lowest BCUT2D eigenvalue weighted by atomic mass is 9.79. The second-order valence-electron chi connectivity index (χ2n) is 5.96. The van der Waals surface area contributed by atoms with E-state index in [4.69, 9.17) is 10.8 Å². The summed E-state index contributed by atoms with van der Waals surface area (Å²) in [6.45, 7) is 1.89. The van der Waals surface area contributed by atoms with Crippen LogP contribution in [0.3, 0.4) is 0 Å². The Morgan fingerprint density at radius 3 is 2.57 bits per heavy atom. The molecular weight excluding hydrogens is 268 g/mol. The van der Waals surface area contributed by atoms with Gasteiger partial charge in [-0.2, -0.15) is 0 Å². The fourth-order valence-corrected chi connectivity index (χ4v) is 3.04. The zero-order chi connectivity index (χ0) is 15.5. The van der Waals surface area contributed by atoms with Gasteiger partial charge in [0.25, 0.3) is 5.91 Å². The van der Waals surface area contributed by atoms with E-state index >= 15 is 0 Å². The number of hydrogen-bond donors (Lipinski definition) is 3. The van der Waals surface area contributed by atoms with E-state index < -0.39 is 11.5 Å². The zero-order valence-corrected chi connectivity index (χ0v) is 12.3. The molecule has 0 saturated heterocycles. The van der Waals surface area contributed by atoms with Crippen molar-refractivity contribution in [1.29, 1.82) is 0 Å². The Morgan fingerprint density at radius 1 is 1.29 bits per heavy atom. The Bertz CT molecular complexity index is 548. The molecule has 1 saturated carbocycles. The third-order valence-electron chi connectivity index (χ3n) is 4.13. The summed E-state index contributed by atoms with van der Waals surface area (Å²) in [5.41, 5.74) is 7.01. The Hall–Kier alpha value is -2.04. The van der Waals surface area contributed by atoms with E-state index in [0.717, 1.165) is 24.8 Å². The molecule has 21 heavy (non-hydrogen) atoms. The molecular formula is C16H22N2O3. The molecule has 0 spiro atoms. The number of benzene rings is 1. The predicted octanol–water partition coefficient (Wildman–Crippen LogP) is 2.48. The number of carboxylic acids is 1. The monoisotopic (exact) mass is 290 g/mol. The van der Waals surface area contributed by atoms with Crippen molar-refractivity contribution in [1.82, 2.24) is 5.32 Å². The average Bonchev–Trinajstić information content (AvgIpc) is 2.41. The molecule has 5 nitrogen and oxygen atoms in total. The maximum absolute atomic E-state index is 12.5. The summed E-state index contributed by atoms with van der Waals surface area (Å²) in [5, 5.41) is 12.1. The molecule has 114 valence electrons. The Kier molecular flexibility index (Phi) is 4.50. The van der Waals surface area contributed by atoms with E-state index in [9.17, 15) is 9.59 Å². The van der Waals surface area contributed by atoms with Gasteiger partial charge in [-0.05, 0) is 31.9 Å². The lowest BCUT2D eigenvalue weighted by Gasteiger charge is -2.37. The van der Waals surface area contributed by atoms with Gasteiger partial charge >= 0.3 is 5.97 Å². The first-order valence-corrected chi connectivity index (χ1v) is 7.32. The summed E-state index contributed by atoms with van der Waals surface area (Å²) in [6.07, 6.45) is 4.34. The molecule has 0 heterocycles. The summed E-state index contributed by atoms with van der Waals surface area (Å²) >= 11 is 0. The van der Waals surface area contributed by atoms with Crippen molar-refractivity contribution >= 4 is 17.6 Å². The number of hydrogen-bond acceptors (Lipinski definition) is 3. The number of nitrogen functional groups attached to an aromatic ring is 1. The van der Waals surface area contributed by atoms with Gasteiger partial charge in [-0.15, -0.1) is 0 Å². The van der Waals surface area contributed by atoms with Gasteiger partial charge in [0.05, 0.1) is 17.5 Å². The molecule has 0 radical (unpaired) electrons. The molecule has 1 aromatic carbocycles. The van der Waals surface area contributed by atoms with Crippen LogP contribution in [0.25, 0.3) is 0 Å². The van der Waals surface area contributed by atoms with Gasteiger partial charge in [0.2, 0.25) is 0 Å². The molecule has 1 aromatic rings. The van der Waals surface area contributed by atoms with Crippen molar-refractivity contribution in [2.45, 2.75) is 51.0 Å². The molecule has 4 N–H and O–H groups in total. The molecule has 1 amide bonds. The Labute approximate surface area is 124 Å². The standard InChI is InChI=1S/C16H22N2O3/c1-11-5-6-13(17)12(9-11)15(21)18-16(10-14(19)20)7-3-2-4-8-16/h5-6,9H,2-4,7-8,10,17H2,1H3,(H,18,21)(H,19,20). The minimum absolute atomic E-state index is 0.0372. The van der Waals surface area contributed by atoms with E-state index in [1.54, 1.807) is 12.1 Å². The predicted molar refractivity (Wildman–Crippen MR) is 81.1 cm³/mol. The number of anilines is 1. The zero-order valence-electron chi connectivity index (χ0n) is 12.3. The highest BCUT2D eigenvalue weighted by atomic mass is 16.4. The first-order chi connectivity index (χ1) is 9.92. The number of carbonyl (C=O) groups is 2. The summed E-state index contributed by atoms with van der Waals surface area (Å²) in [7, 11) is 0. The highest BCUT2D eigenvalue weighted by Crippen LogP contribution is 2.31. The van der Waals surface area contributed by atoms with E-state index in [1.807, 2.05) is 13.0 Å². The van der Waals surface area contributed by atoms with Gasteiger partial charge in [-0.25, -0.2) is 0 Å². The number of aryl methyl sites for hydroxylation is 1. The van der Waals surface area contributed by atoms with Crippen LogP contribution >= 0.6 is 0 Å². The van der Waals surface area contributed by atoms with Gasteiger partial charge in [0, 0.05) is 5.69 Å². The van der Waals surface area contributed by atoms with Crippen LogP contribution in [0.2, 0.25) is 0 Å². The van der Waals surface area contributed by atoms with Crippen LogP contribution in [0.15, 0.2) is 18.2 Å². The van der Waals surface area contributed by atoms with E-state index in [-0.39, 0.29) is 12.3 Å². The average molecular weight is 290 g/mol. The number of nitrogens with two attached hydrogens (primary N) is 1. The quantitative estimate of drug-likeness (QED) is 0.743. The summed E-state index contributed by atoms with van der Waals surface area (Å²) < 4.78 is 0. The van der Waals surface area contributed by atoms with Gasteiger partial charge in [-0.1, -0.05) is 30.9 Å². The first-order valence-electron chi connectivity index (χ1n) is 7.32. The van der Waals surface area contributed by atoms with Crippen molar-refractivity contribution in [3.8, 4) is 0 Å². The van der Waals surface area contributed by atoms with Crippen LogP contribution in [-0.4, -0.2) is 22.5 Å². The maximum atomic E-state index is 12.5. The molecule has 2 rings (SSSR count). The second kappa shape index (κ2) is 6.16. The molecule has 0 aromatic heterocycles. The lowest BCUT2D eigenvalue weighted by molar-refractivity contribution is -0.139. The van der Waals surface area contributed by atoms with Gasteiger partial charge in [-0.3, -0.25) is 9.59 Å². The maximum Gasteiger partial charge on any atom is 0.305 e. The molecule has 0 bridgehead atoms. The number of carbonyl (C=O) groups excluding carboxylic acids is 1. The summed E-state index contributed by atoms with van der Waals surface area (Å²) in [5.74, 6) is -1.16. The van der Waals surface area contributed by atoms with E-state index in [0.29, 0.717) is 24.1 Å². The summed E-state index contributed by atoms with van der Waals surface area (Å²) in [4.78, 5) is 23.6. The molecule has 1 fully saturated rings. The van der Waals surface area contributed by atoms with Crippen molar-refractivity contribution in [3.63, 3.8) is 0 Å². The number of aliphatic carboxylic acids is 1. The molecule has 0 aliphatic heterocycles. The van der Waals surface area contributed by atoms with Crippen molar-refractivity contribution in [3.05, 3.63) is 29.3 Å². The normalized spacial score (nSPS) is 17.2. The third-order valence-corrected chi connectivity index (χ3v) is 4.13. The smallest absolute Gasteiger partial charge is 0.305 e. The lowest BCUT2D eigenvalue weighted by Crippen LogP contribution is -2.51. The minimum Gasteiger partial charge on any atom is -0.481 e. The Morgan fingerprint density at radius 2 is 1.95 bits per heavy atom. The fraction of sp³-hybridized carbons (Fsp3) is 0.500. The third kappa shape index (κ3) is 3.74. The van der Waals surface area contributed by atoms with Crippen LogP contribution < -0.4 is 11.1 Å². The largest absolute Gasteiger partial charge is 0.481 e. The van der Waals surface area contributed by atoms with Crippen LogP contribution in [0.4, 0.5) is 5.69 Å². The van der Waals surface area contributed by atoms with Crippen LogP contribution in [0.1, 0.15) is 54.4 Å². The highest BCUT2D eigenvalue weighted by molar-refractivity contribution is 6.00. The van der Waals surface area contributed by atoms with Crippen molar-refractivity contribution < 1.29 is 14.7 Å². The van der Waals surface area contributed by atoms with Gasteiger partial charge in [0.1, 0.15) is 0 Å². The number of amides is 1. The molecule has 1 aliphatic rings. The Balaban J connectivity index is 2.21. The SMILES string of the molecule is Cc1ccc(N)c(C(=O)NC2(CC(=O)O)CCCCC2)c1. The number of nitrogens with one attached hydrogen (secondary N) is 1. The minimum atomic E-state index is -0.880. The van der Waals surface area contributed by atoms with Crippen molar-refractivity contribution in [2.75, 3.05) is 5.73 Å².